The van der Waals surface area contributed by atoms with Crippen molar-refractivity contribution >= 4 is 32.9 Å². The van der Waals surface area contributed by atoms with Crippen molar-refractivity contribution in [2.24, 2.45) is 0 Å². The molecule has 0 spiro atoms. The Morgan fingerprint density at radius 1 is 1.14 bits per heavy atom. The van der Waals surface area contributed by atoms with Gasteiger partial charge < -0.3 is 0 Å². The predicted octanol–water partition coefficient (Wildman–Crippen LogP) is 4.02. The SMILES string of the molecule is c1cc(-c2ccsc2)c2ncsc2c1. The summed E-state index contributed by atoms with van der Waals surface area (Å²) >= 11 is 3.41. The number of thiophene rings is 1. The normalized spacial score (nSPS) is 10.9. The molecule has 1 aromatic carbocycles. The van der Waals surface area contributed by atoms with E-state index in [9.17, 15) is 0 Å². The summed E-state index contributed by atoms with van der Waals surface area (Å²) in [6.07, 6.45) is 0. The van der Waals surface area contributed by atoms with Crippen LogP contribution in [0, 0.1) is 0 Å². The Bertz CT molecular complexity index is 551. The van der Waals surface area contributed by atoms with Gasteiger partial charge in [-0.2, -0.15) is 11.3 Å². The second-order valence-electron chi connectivity index (χ2n) is 3.02. The van der Waals surface area contributed by atoms with E-state index in [4.69, 9.17) is 0 Å². The monoisotopic (exact) mass is 217 g/mol. The number of hydrogen-bond acceptors (Lipinski definition) is 3. The molecule has 0 saturated carbocycles. The van der Waals surface area contributed by atoms with E-state index in [1.54, 1.807) is 22.7 Å². The molecule has 3 aromatic rings. The van der Waals surface area contributed by atoms with E-state index >= 15 is 0 Å². The van der Waals surface area contributed by atoms with Crippen molar-refractivity contribution in [2.75, 3.05) is 0 Å². The molecule has 0 fully saturated rings. The summed E-state index contributed by atoms with van der Waals surface area (Å²) in [4.78, 5) is 4.40. The largest absolute Gasteiger partial charge is 0.244 e. The number of rotatable bonds is 1. The van der Waals surface area contributed by atoms with Crippen LogP contribution in [0.1, 0.15) is 0 Å². The molecule has 14 heavy (non-hydrogen) atoms. The molecule has 0 unspecified atom stereocenters. The number of benzene rings is 1. The number of aromatic nitrogens is 1. The van der Waals surface area contributed by atoms with E-state index in [0.717, 1.165) is 5.52 Å². The molecule has 2 aromatic heterocycles. The summed E-state index contributed by atoms with van der Waals surface area (Å²) in [7, 11) is 0. The standard InChI is InChI=1S/C11H7NS2/c1-2-9(8-4-5-13-6-8)11-10(3-1)14-7-12-11/h1-7H. The zero-order valence-electron chi connectivity index (χ0n) is 7.31. The number of para-hydroxylation sites is 1. The van der Waals surface area contributed by atoms with Crippen LogP contribution in [0.5, 0.6) is 0 Å². The highest BCUT2D eigenvalue weighted by molar-refractivity contribution is 7.16. The van der Waals surface area contributed by atoms with Crippen molar-refractivity contribution in [2.45, 2.75) is 0 Å². The lowest BCUT2D eigenvalue weighted by atomic mass is 10.1. The lowest BCUT2D eigenvalue weighted by Crippen LogP contribution is -1.75. The molecule has 68 valence electrons. The zero-order chi connectivity index (χ0) is 9.38. The van der Waals surface area contributed by atoms with Crippen LogP contribution in [0.3, 0.4) is 0 Å². The Morgan fingerprint density at radius 3 is 3.00 bits per heavy atom. The fourth-order valence-corrected chi connectivity index (χ4v) is 2.90. The van der Waals surface area contributed by atoms with Gasteiger partial charge in [-0.3, -0.25) is 0 Å². The van der Waals surface area contributed by atoms with E-state index in [2.05, 4.69) is 40.0 Å². The number of fused-ring (bicyclic) bond motifs is 1. The summed E-state index contributed by atoms with van der Waals surface area (Å²) in [5, 5.41) is 4.26. The minimum Gasteiger partial charge on any atom is -0.244 e. The third kappa shape index (κ3) is 1.17. The van der Waals surface area contributed by atoms with E-state index in [-0.39, 0.29) is 0 Å². The highest BCUT2D eigenvalue weighted by atomic mass is 32.1. The van der Waals surface area contributed by atoms with Crippen LogP contribution >= 0.6 is 22.7 Å². The Kier molecular flexibility index (Phi) is 1.85. The third-order valence-corrected chi connectivity index (χ3v) is 3.67. The van der Waals surface area contributed by atoms with Crippen LogP contribution in [0.2, 0.25) is 0 Å². The smallest absolute Gasteiger partial charge is 0.0890 e. The Hall–Kier alpha value is -1.19. The first-order valence-corrected chi connectivity index (χ1v) is 6.12. The molecule has 3 rings (SSSR count). The first-order valence-electron chi connectivity index (χ1n) is 4.30. The molecule has 1 nitrogen and oxygen atoms in total. The Labute approximate surface area is 89.7 Å². The molecule has 0 saturated heterocycles. The van der Waals surface area contributed by atoms with Gasteiger partial charge in [0.2, 0.25) is 0 Å². The summed E-state index contributed by atoms with van der Waals surface area (Å²) in [5.41, 5.74) is 5.54. The quantitative estimate of drug-likeness (QED) is 0.600. The Balaban J connectivity index is 2.36. The average Bonchev–Trinajstić information content (AvgIpc) is 2.88. The molecule has 0 aliphatic carbocycles. The van der Waals surface area contributed by atoms with E-state index in [1.165, 1.54) is 15.8 Å². The maximum Gasteiger partial charge on any atom is 0.0890 e. The summed E-state index contributed by atoms with van der Waals surface area (Å²) in [5.74, 6) is 0. The first kappa shape index (κ1) is 8.15. The first-order chi connectivity index (χ1) is 6.95. The molecule has 0 bridgehead atoms. The molecule has 3 heteroatoms. The molecular weight excluding hydrogens is 210 g/mol. The molecule has 2 heterocycles. The molecule has 0 amide bonds. The maximum atomic E-state index is 4.40. The number of hydrogen-bond donors (Lipinski definition) is 0. The topological polar surface area (TPSA) is 12.9 Å². The van der Waals surface area contributed by atoms with Crippen molar-refractivity contribution in [3.63, 3.8) is 0 Å². The van der Waals surface area contributed by atoms with E-state index in [1.807, 2.05) is 5.51 Å². The zero-order valence-corrected chi connectivity index (χ0v) is 8.94. The van der Waals surface area contributed by atoms with Crippen LogP contribution in [0.15, 0.2) is 40.5 Å². The van der Waals surface area contributed by atoms with Crippen molar-refractivity contribution < 1.29 is 0 Å². The molecule has 0 aliphatic rings. The van der Waals surface area contributed by atoms with Crippen LogP contribution in [0.25, 0.3) is 21.3 Å². The lowest BCUT2D eigenvalue weighted by molar-refractivity contribution is 1.50. The van der Waals surface area contributed by atoms with Crippen LogP contribution < -0.4 is 0 Å². The maximum absolute atomic E-state index is 4.40. The second-order valence-corrected chi connectivity index (χ2v) is 4.68. The van der Waals surface area contributed by atoms with Gasteiger partial charge in [0, 0.05) is 5.56 Å². The minimum atomic E-state index is 1.12. The molecule has 0 atom stereocenters. The fraction of sp³-hybridized carbons (Fsp3) is 0. The van der Waals surface area contributed by atoms with Gasteiger partial charge in [0.15, 0.2) is 0 Å². The van der Waals surface area contributed by atoms with E-state index in [0.29, 0.717) is 0 Å². The fourth-order valence-electron chi connectivity index (χ4n) is 1.54. The number of thiazole rings is 1. The van der Waals surface area contributed by atoms with Gasteiger partial charge in [0.05, 0.1) is 15.7 Å². The van der Waals surface area contributed by atoms with Gasteiger partial charge in [-0.1, -0.05) is 12.1 Å². The highest BCUT2D eigenvalue weighted by Crippen LogP contribution is 2.30. The van der Waals surface area contributed by atoms with Crippen LogP contribution in [-0.4, -0.2) is 4.98 Å². The van der Waals surface area contributed by atoms with Crippen molar-refractivity contribution in [3.05, 3.63) is 40.5 Å². The predicted molar refractivity (Wildman–Crippen MR) is 62.9 cm³/mol. The summed E-state index contributed by atoms with van der Waals surface area (Å²) in [6, 6.07) is 8.47. The van der Waals surface area contributed by atoms with Crippen molar-refractivity contribution in [1.82, 2.24) is 4.98 Å². The highest BCUT2D eigenvalue weighted by Gasteiger charge is 2.05. The summed E-state index contributed by atoms with van der Waals surface area (Å²) in [6.45, 7) is 0. The van der Waals surface area contributed by atoms with Crippen molar-refractivity contribution in [3.8, 4) is 11.1 Å². The number of nitrogens with zero attached hydrogens (tertiary/aromatic N) is 1. The molecule has 0 radical (unpaired) electrons. The van der Waals surface area contributed by atoms with Gasteiger partial charge in [0.25, 0.3) is 0 Å². The van der Waals surface area contributed by atoms with Gasteiger partial charge >= 0.3 is 0 Å². The average molecular weight is 217 g/mol. The molecular formula is C11H7NS2. The van der Waals surface area contributed by atoms with Crippen molar-refractivity contribution in [1.29, 1.82) is 0 Å². The Morgan fingerprint density at radius 2 is 2.14 bits per heavy atom. The lowest BCUT2D eigenvalue weighted by Gasteiger charge is -1.97. The van der Waals surface area contributed by atoms with Gasteiger partial charge in [-0.05, 0) is 28.5 Å². The summed E-state index contributed by atoms with van der Waals surface area (Å²) < 4.78 is 1.26. The van der Waals surface area contributed by atoms with Gasteiger partial charge in [-0.15, -0.1) is 11.3 Å². The second kappa shape index (κ2) is 3.19. The molecule has 0 N–H and O–H groups in total. The van der Waals surface area contributed by atoms with Crippen LogP contribution in [0.4, 0.5) is 0 Å². The minimum absolute atomic E-state index is 1.12. The van der Waals surface area contributed by atoms with Gasteiger partial charge in [0.1, 0.15) is 0 Å². The third-order valence-electron chi connectivity index (χ3n) is 2.19. The van der Waals surface area contributed by atoms with E-state index < -0.39 is 0 Å². The molecule has 0 aliphatic heterocycles. The van der Waals surface area contributed by atoms with Gasteiger partial charge in [-0.25, -0.2) is 4.98 Å². The van der Waals surface area contributed by atoms with Crippen LogP contribution in [-0.2, 0) is 0 Å².